The van der Waals surface area contributed by atoms with Crippen molar-refractivity contribution in [2.45, 2.75) is 6.54 Å². The fourth-order valence-electron chi connectivity index (χ4n) is 2.58. The van der Waals surface area contributed by atoms with Crippen LogP contribution in [-0.2, 0) is 23.6 Å². The van der Waals surface area contributed by atoms with Gasteiger partial charge < -0.3 is 10.3 Å². The number of aryl methyl sites for hydroxylation is 1. The Hall–Kier alpha value is -2.16. The molecule has 3 N–H and O–H groups in total. The Balaban J connectivity index is 2.12. The number of hydrogen-bond acceptors (Lipinski definition) is 5. The van der Waals surface area contributed by atoms with Crippen molar-refractivity contribution >= 4 is 38.5 Å². The number of nitrogens with one attached hydrogen (secondary N) is 1. The van der Waals surface area contributed by atoms with Crippen LogP contribution in [0.25, 0.3) is 22.2 Å². The normalized spacial score (nSPS) is 12.0. The minimum Gasteiger partial charge on any atom is -0.383 e. The topological polar surface area (TPSA) is 103 Å². The lowest BCUT2D eigenvalue weighted by Gasteiger charge is -2.07. The molecule has 0 aliphatic heterocycles. The first kappa shape index (κ1) is 16.7. The molecule has 0 unspecified atom stereocenters. The summed E-state index contributed by atoms with van der Waals surface area (Å²) in [5.74, 6) is 0.381. The predicted molar refractivity (Wildman–Crippen MR) is 95.1 cm³/mol. The molecule has 1 aromatic carbocycles. The second-order valence-corrected chi connectivity index (χ2v) is 7.82. The molecule has 3 rings (SSSR count). The second-order valence-electron chi connectivity index (χ2n) is 5.55. The molecule has 0 aliphatic carbocycles. The van der Waals surface area contributed by atoms with Crippen LogP contribution in [0.4, 0.5) is 5.82 Å². The van der Waals surface area contributed by atoms with Gasteiger partial charge >= 0.3 is 0 Å². The molecule has 0 atom stereocenters. The highest BCUT2D eigenvalue weighted by Gasteiger charge is 2.14. The van der Waals surface area contributed by atoms with Gasteiger partial charge in [-0.2, -0.15) is 0 Å². The monoisotopic (exact) mass is 365 g/mol. The Kier molecular flexibility index (Phi) is 4.20. The maximum Gasteiger partial charge on any atom is 0.209 e. The maximum absolute atomic E-state index is 11.3. The fraction of sp³-hybridized carbons (Fsp3) is 0.200. The van der Waals surface area contributed by atoms with Crippen molar-refractivity contribution in [2.24, 2.45) is 7.05 Å². The number of benzene rings is 1. The summed E-state index contributed by atoms with van der Waals surface area (Å²) in [4.78, 5) is 8.30. The highest BCUT2D eigenvalue weighted by atomic mass is 35.5. The van der Waals surface area contributed by atoms with E-state index in [0.717, 1.165) is 28.3 Å². The average Bonchev–Trinajstić information content (AvgIpc) is 2.83. The molecule has 0 bridgehead atoms. The number of hydrogen-bond donors (Lipinski definition) is 2. The number of fused-ring (bicyclic) bond motifs is 1. The van der Waals surface area contributed by atoms with Crippen LogP contribution in [0.15, 0.2) is 30.7 Å². The molecule has 0 saturated carbocycles. The molecule has 0 fully saturated rings. The number of nitrogen functional groups attached to an aromatic ring is 1. The quantitative estimate of drug-likeness (QED) is 0.735. The molecule has 3 aromatic rings. The van der Waals surface area contributed by atoms with Crippen LogP contribution in [0.2, 0.25) is 5.02 Å². The van der Waals surface area contributed by atoms with Gasteiger partial charge in [-0.1, -0.05) is 11.6 Å². The van der Waals surface area contributed by atoms with Crippen LogP contribution in [0.1, 0.15) is 5.56 Å². The SMILES string of the molecule is Cn1cc(-c2cc(Cl)cc(CNS(C)(=O)=O)c2)c2c(N)ncnc21. The van der Waals surface area contributed by atoms with E-state index < -0.39 is 10.0 Å². The van der Waals surface area contributed by atoms with Gasteiger partial charge in [0.25, 0.3) is 0 Å². The van der Waals surface area contributed by atoms with Crippen LogP contribution in [-0.4, -0.2) is 29.2 Å². The summed E-state index contributed by atoms with van der Waals surface area (Å²) in [6.45, 7) is 0.156. The minimum atomic E-state index is -3.29. The van der Waals surface area contributed by atoms with Gasteiger partial charge in [0.1, 0.15) is 17.8 Å². The third-order valence-electron chi connectivity index (χ3n) is 3.59. The van der Waals surface area contributed by atoms with Gasteiger partial charge in [-0.25, -0.2) is 23.1 Å². The highest BCUT2D eigenvalue weighted by molar-refractivity contribution is 7.88. The Labute approximate surface area is 144 Å². The van der Waals surface area contributed by atoms with Gasteiger partial charge in [0.2, 0.25) is 10.0 Å². The van der Waals surface area contributed by atoms with E-state index in [-0.39, 0.29) is 6.54 Å². The van der Waals surface area contributed by atoms with E-state index in [1.165, 1.54) is 6.33 Å². The number of nitrogens with two attached hydrogens (primary N) is 1. The molecule has 0 radical (unpaired) electrons. The van der Waals surface area contributed by atoms with Crippen LogP contribution < -0.4 is 10.5 Å². The zero-order valence-electron chi connectivity index (χ0n) is 13.1. The lowest BCUT2D eigenvalue weighted by Crippen LogP contribution is -2.21. The Bertz CT molecular complexity index is 1030. The number of aromatic nitrogens is 3. The first-order valence-corrected chi connectivity index (χ1v) is 9.31. The summed E-state index contributed by atoms with van der Waals surface area (Å²) in [6, 6.07) is 5.38. The summed E-state index contributed by atoms with van der Waals surface area (Å²) in [7, 11) is -1.42. The first-order valence-electron chi connectivity index (χ1n) is 7.04. The van der Waals surface area contributed by atoms with Gasteiger partial charge in [0.15, 0.2) is 0 Å². The molecule has 0 amide bonds. The van der Waals surface area contributed by atoms with Gasteiger partial charge in [-0.15, -0.1) is 0 Å². The molecule has 0 saturated heterocycles. The van der Waals surface area contributed by atoms with E-state index >= 15 is 0 Å². The Morgan fingerprint density at radius 1 is 1.29 bits per heavy atom. The van der Waals surface area contributed by atoms with Gasteiger partial charge in [0.05, 0.1) is 11.6 Å². The largest absolute Gasteiger partial charge is 0.383 e. The van der Waals surface area contributed by atoms with Crippen molar-refractivity contribution in [3.05, 3.63) is 41.3 Å². The number of rotatable bonds is 4. The number of nitrogens with zero attached hydrogens (tertiary/aromatic N) is 3. The lowest BCUT2D eigenvalue weighted by atomic mass is 10.0. The minimum absolute atomic E-state index is 0.156. The molecule has 2 heterocycles. The van der Waals surface area contributed by atoms with Crippen molar-refractivity contribution < 1.29 is 8.42 Å². The summed E-state index contributed by atoms with van der Waals surface area (Å²) in [5, 5.41) is 1.24. The van der Waals surface area contributed by atoms with Crippen molar-refractivity contribution in [1.82, 2.24) is 19.3 Å². The van der Waals surface area contributed by atoms with Gasteiger partial charge in [-0.05, 0) is 29.3 Å². The van der Waals surface area contributed by atoms with Gasteiger partial charge in [0, 0.05) is 30.4 Å². The third kappa shape index (κ3) is 3.35. The van der Waals surface area contributed by atoms with Crippen LogP contribution in [0.3, 0.4) is 0 Å². The van der Waals surface area contributed by atoms with E-state index in [4.69, 9.17) is 17.3 Å². The molecular formula is C15H16ClN5O2S. The van der Waals surface area contributed by atoms with Gasteiger partial charge in [-0.3, -0.25) is 0 Å². The molecule has 0 spiro atoms. The molecule has 9 heteroatoms. The predicted octanol–water partition coefficient (Wildman–Crippen LogP) is 1.92. The van der Waals surface area contributed by atoms with E-state index in [2.05, 4.69) is 14.7 Å². The Morgan fingerprint density at radius 2 is 2.04 bits per heavy atom. The third-order valence-corrected chi connectivity index (χ3v) is 4.48. The van der Waals surface area contributed by atoms with Crippen molar-refractivity contribution in [1.29, 1.82) is 0 Å². The summed E-state index contributed by atoms with van der Waals surface area (Å²) in [5.41, 5.74) is 9.13. The van der Waals surface area contributed by atoms with Crippen molar-refractivity contribution in [2.75, 3.05) is 12.0 Å². The molecule has 126 valence electrons. The number of sulfonamides is 1. The summed E-state index contributed by atoms with van der Waals surface area (Å²) in [6.07, 6.45) is 4.43. The molecule has 7 nitrogen and oxygen atoms in total. The standard InChI is InChI=1S/C15H16ClN5O2S/c1-21-7-12(13-14(17)18-8-19-15(13)21)10-3-9(4-11(16)5-10)6-20-24(2,22)23/h3-5,7-8,20H,6H2,1-2H3,(H2,17,18,19). The van der Waals surface area contributed by atoms with E-state index in [9.17, 15) is 8.42 Å². The van der Waals surface area contributed by atoms with E-state index in [0.29, 0.717) is 16.5 Å². The number of anilines is 1. The average molecular weight is 366 g/mol. The zero-order valence-corrected chi connectivity index (χ0v) is 14.7. The van der Waals surface area contributed by atoms with Crippen LogP contribution in [0.5, 0.6) is 0 Å². The highest BCUT2D eigenvalue weighted by Crippen LogP contribution is 2.34. The second kappa shape index (κ2) is 6.04. The van der Waals surface area contributed by atoms with Crippen LogP contribution >= 0.6 is 11.6 Å². The van der Waals surface area contributed by atoms with Crippen molar-refractivity contribution in [3.63, 3.8) is 0 Å². The summed E-state index contributed by atoms with van der Waals surface area (Å²) < 4.78 is 26.9. The molecule has 24 heavy (non-hydrogen) atoms. The Morgan fingerprint density at radius 3 is 2.75 bits per heavy atom. The summed E-state index contributed by atoms with van der Waals surface area (Å²) >= 11 is 6.20. The maximum atomic E-state index is 11.3. The zero-order chi connectivity index (χ0) is 17.5. The number of halogens is 1. The molecule has 2 aromatic heterocycles. The fourth-order valence-corrected chi connectivity index (χ4v) is 3.26. The molecular weight excluding hydrogens is 350 g/mol. The van der Waals surface area contributed by atoms with Crippen molar-refractivity contribution in [3.8, 4) is 11.1 Å². The molecule has 0 aliphatic rings. The van der Waals surface area contributed by atoms with E-state index in [1.807, 2.05) is 23.9 Å². The first-order chi connectivity index (χ1) is 11.2. The smallest absolute Gasteiger partial charge is 0.209 e. The van der Waals surface area contributed by atoms with Crippen LogP contribution in [0, 0.1) is 0 Å². The van der Waals surface area contributed by atoms with E-state index in [1.54, 1.807) is 12.1 Å². The lowest BCUT2D eigenvalue weighted by molar-refractivity contribution is 0.587.